The van der Waals surface area contributed by atoms with Crippen molar-refractivity contribution >= 4 is 22.0 Å². The molecule has 5 rings (SSSR count). The van der Waals surface area contributed by atoms with Crippen LogP contribution in [0.1, 0.15) is 50.5 Å². The molecule has 1 amide bonds. The van der Waals surface area contributed by atoms with E-state index in [9.17, 15) is 13.2 Å². The van der Waals surface area contributed by atoms with Gasteiger partial charge < -0.3 is 5.32 Å². The molecule has 152 valence electrons. The van der Waals surface area contributed by atoms with Gasteiger partial charge in [-0.2, -0.15) is 0 Å². The van der Waals surface area contributed by atoms with Gasteiger partial charge in [0.15, 0.2) is 0 Å². The molecular weight excluding hydrogens is 372 g/mol. The average molecular weight is 403 g/mol. The summed E-state index contributed by atoms with van der Waals surface area (Å²) in [5.74, 6) is 2.54. The van der Waals surface area contributed by atoms with Crippen molar-refractivity contribution in [3.8, 4) is 0 Å². The quantitative estimate of drug-likeness (QED) is 0.701. The van der Waals surface area contributed by atoms with E-state index in [2.05, 4.69) is 10.0 Å². The third-order valence-corrected chi connectivity index (χ3v) is 7.82. The molecule has 0 atom stereocenters. The largest absolute Gasteiger partial charge is 0.356 e. The number of hydrogen-bond acceptors (Lipinski definition) is 3. The Balaban J connectivity index is 1.20. The Kier molecular flexibility index (Phi) is 5.61. The molecule has 0 saturated heterocycles. The minimum absolute atomic E-state index is 0.0644. The maximum Gasteiger partial charge on any atom is 0.233 e. The van der Waals surface area contributed by atoms with E-state index in [0.29, 0.717) is 5.41 Å². The fourth-order valence-electron chi connectivity index (χ4n) is 5.97. The molecule has 0 heterocycles. The maximum atomic E-state index is 12.2. The minimum Gasteiger partial charge on any atom is -0.356 e. The van der Waals surface area contributed by atoms with Gasteiger partial charge in [-0.15, -0.1) is 0 Å². The normalized spacial score (nSPS) is 31.4. The molecule has 0 unspecified atom stereocenters. The molecule has 4 saturated carbocycles. The molecule has 5 nitrogen and oxygen atoms in total. The van der Waals surface area contributed by atoms with E-state index in [1.54, 1.807) is 6.08 Å². The van der Waals surface area contributed by atoms with Crippen molar-refractivity contribution in [3.05, 3.63) is 41.3 Å². The summed E-state index contributed by atoms with van der Waals surface area (Å²) in [5.41, 5.74) is 1.13. The van der Waals surface area contributed by atoms with E-state index in [0.717, 1.165) is 35.3 Å². The monoisotopic (exact) mass is 402 g/mol. The van der Waals surface area contributed by atoms with Gasteiger partial charge in [0.2, 0.25) is 15.9 Å². The number of amides is 1. The van der Waals surface area contributed by atoms with E-state index >= 15 is 0 Å². The van der Waals surface area contributed by atoms with Gasteiger partial charge in [-0.05, 0) is 73.3 Å². The van der Waals surface area contributed by atoms with Crippen LogP contribution in [-0.2, 0) is 14.8 Å². The zero-order chi connectivity index (χ0) is 19.6. The highest BCUT2D eigenvalue weighted by Gasteiger charge is 2.50. The molecule has 0 aliphatic heterocycles. The van der Waals surface area contributed by atoms with Gasteiger partial charge in [-0.3, -0.25) is 4.79 Å². The van der Waals surface area contributed by atoms with Gasteiger partial charge in [0.05, 0.1) is 0 Å². The minimum atomic E-state index is -3.54. The van der Waals surface area contributed by atoms with Gasteiger partial charge in [0.1, 0.15) is 0 Å². The SMILES string of the molecule is O=C(CCNS(=O)(=O)/C=C/c1ccccc1)NCC12CC3CC(CC(C3)C1)C2. The Bertz CT molecular complexity index is 797. The molecule has 4 aliphatic rings. The first kappa shape index (κ1) is 19.6. The number of carbonyl (C=O) groups excluding carboxylic acids is 1. The molecule has 28 heavy (non-hydrogen) atoms. The molecule has 4 aliphatic carbocycles. The molecule has 4 bridgehead atoms. The van der Waals surface area contributed by atoms with Crippen LogP contribution in [0, 0.1) is 23.2 Å². The number of nitrogens with one attached hydrogen (secondary N) is 2. The second-order valence-corrected chi connectivity index (χ2v) is 10.7. The predicted octanol–water partition coefficient (Wildman–Crippen LogP) is 3.30. The molecule has 6 heteroatoms. The fraction of sp³-hybridized carbons (Fsp3) is 0.591. The zero-order valence-corrected chi connectivity index (χ0v) is 17.1. The lowest BCUT2D eigenvalue weighted by Gasteiger charge is -2.56. The summed E-state index contributed by atoms with van der Waals surface area (Å²) in [6.07, 6.45) is 9.69. The first-order valence-electron chi connectivity index (χ1n) is 10.4. The molecule has 4 fully saturated rings. The van der Waals surface area contributed by atoms with Crippen LogP contribution in [-0.4, -0.2) is 27.4 Å². The summed E-state index contributed by atoms with van der Waals surface area (Å²) in [4.78, 5) is 12.2. The van der Waals surface area contributed by atoms with Crippen LogP contribution in [0.5, 0.6) is 0 Å². The van der Waals surface area contributed by atoms with E-state index in [4.69, 9.17) is 0 Å². The second-order valence-electron chi connectivity index (χ2n) is 9.10. The Morgan fingerprint density at radius 1 is 1.04 bits per heavy atom. The highest BCUT2D eigenvalue weighted by Crippen LogP contribution is 2.59. The van der Waals surface area contributed by atoms with E-state index < -0.39 is 10.0 Å². The number of carbonyl (C=O) groups is 1. The van der Waals surface area contributed by atoms with Crippen LogP contribution in [0.2, 0.25) is 0 Å². The van der Waals surface area contributed by atoms with Crippen LogP contribution in [0.25, 0.3) is 6.08 Å². The predicted molar refractivity (Wildman–Crippen MR) is 111 cm³/mol. The van der Waals surface area contributed by atoms with Gasteiger partial charge >= 0.3 is 0 Å². The Labute approximate surface area is 168 Å². The summed E-state index contributed by atoms with van der Waals surface area (Å²) < 4.78 is 26.6. The van der Waals surface area contributed by atoms with Crippen molar-refractivity contribution in [2.45, 2.75) is 44.9 Å². The standard InChI is InChI=1S/C22H30N2O3S/c25-21(6-8-24-28(26,27)9-7-17-4-2-1-3-5-17)23-16-22-13-18-10-19(14-22)12-20(11-18)15-22/h1-5,7,9,18-20,24H,6,8,10-16H2,(H,23,25)/b9-7+. The Morgan fingerprint density at radius 2 is 1.64 bits per heavy atom. The zero-order valence-electron chi connectivity index (χ0n) is 16.3. The summed E-state index contributed by atoms with van der Waals surface area (Å²) in [6, 6.07) is 9.27. The summed E-state index contributed by atoms with van der Waals surface area (Å²) in [5, 5.41) is 4.24. The summed E-state index contributed by atoms with van der Waals surface area (Å²) in [7, 11) is -3.54. The van der Waals surface area contributed by atoms with Gasteiger partial charge in [-0.1, -0.05) is 30.3 Å². The number of hydrogen-bond donors (Lipinski definition) is 2. The number of benzene rings is 1. The van der Waals surface area contributed by atoms with Crippen LogP contribution in [0.15, 0.2) is 35.7 Å². The van der Waals surface area contributed by atoms with Crippen molar-refractivity contribution in [1.29, 1.82) is 0 Å². The third-order valence-electron chi connectivity index (χ3n) is 6.72. The molecular formula is C22H30N2O3S. The van der Waals surface area contributed by atoms with Gasteiger partial charge in [-0.25, -0.2) is 13.1 Å². The van der Waals surface area contributed by atoms with Gasteiger partial charge in [0, 0.05) is 24.9 Å². The smallest absolute Gasteiger partial charge is 0.233 e. The lowest BCUT2D eigenvalue weighted by atomic mass is 9.49. The lowest BCUT2D eigenvalue weighted by molar-refractivity contribution is -0.123. The fourth-order valence-corrected chi connectivity index (χ4v) is 6.79. The molecule has 1 aromatic rings. The summed E-state index contributed by atoms with van der Waals surface area (Å²) in [6.45, 7) is 0.879. The lowest BCUT2D eigenvalue weighted by Crippen LogP contribution is -2.51. The Hall–Kier alpha value is -1.66. The Morgan fingerprint density at radius 3 is 2.25 bits per heavy atom. The molecule has 0 radical (unpaired) electrons. The van der Waals surface area contributed by atoms with E-state index in [1.807, 2.05) is 30.3 Å². The van der Waals surface area contributed by atoms with E-state index in [1.165, 1.54) is 38.5 Å². The highest BCUT2D eigenvalue weighted by atomic mass is 32.2. The van der Waals surface area contributed by atoms with Crippen LogP contribution in [0.3, 0.4) is 0 Å². The second kappa shape index (κ2) is 7.99. The number of sulfonamides is 1. The highest BCUT2D eigenvalue weighted by molar-refractivity contribution is 7.92. The maximum absolute atomic E-state index is 12.2. The van der Waals surface area contributed by atoms with Gasteiger partial charge in [0.25, 0.3) is 0 Å². The topological polar surface area (TPSA) is 75.3 Å². The number of rotatable bonds is 8. The van der Waals surface area contributed by atoms with Crippen molar-refractivity contribution in [2.24, 2.45) is 23.2 Å². The van der Waals surface area contributed by atoms with Crippen LogP contribution >= 0.6 is 0 Å². The van der Waals surface area contributed by atoms with Crippen molar-refractivity contribution in [3.63, 3.8) is 0 Å². The summed E-state index contributed by atoms with van der Waals surface area (Å²) >= 11 is 0. The first-order valence-corrected chi connectivity index (χ1v) is 12.0. The van der Waals surface area contributed by atoms with E-state index in [-0.39, 0.29) is 18.9 Å². The van der Waals surface area contributed by atoms with Crippen molar-refractivity contribution in [2.75, 3.05) is 13.1 Å². The first-order chi connectivity index (χ1) is 13.4. The molecule has 0 aromatic heterocycles. The van der Waals surface area contributed by atoms with Crippen LogP contribution in [0.4, 0.5) is 0 Å². The molecule has 1 aromatic carbocycles. The van der Waals surface area contributed by atoms with Crippen LogP contribution < -0.4 is 10.0 Å². The van der Waals surface area contributed by atoms with Crippen molar-refractivity contribution < 1.29 is 13.2 Å². The molecule has 2 N–H and O–H groups in total. The van der Waals surface area contributed by atoms with Crippen molar-refractivity contribution in [1.82, 2.24) is 10.0 Å². The third kappa shape index (κ3) is 4.84. The molecule has 0 spiro atoms. The average Bonchev–Trinajstić information content (AvgIpc) is 2.65.